The number of hydrogen-bond acceptors (Lipinski definition) is 7. The highest BCUT2D eigenvalue weighted by Gasteiger charge is 2.37. The van der Waals surface area contributed by atoms with Gasteiger partial charge in [0, 0.05) is 0 Å². The molecule has 42 heavy (non-hydrogen) atoms. The molecule has 3 amide bonds. The minimum atomic E-state index is -4.66. The molecule has 0 unspecified atom stereocenters. The first-order valence-electron chi connectivity index (χ1n) is 12.4. The second-order valence-corrected chi connectivity index (χ2v) is 9.78. The number of carbonyl (C=O) groups excluding carboxylic acids is 3. The maximum atomic E-state index is 13.5. The number of alkyl halides is 3. The van der Waals surface area contributed by atoms with Gasteiger partial charge in [0.25, 0.3) is 11.1 Å². The minimum Gasteiger partial charge on any atom is -0.495 e. The van der Waals surface area contributed by atoms with Gasteiger partial charge in [-0.2, -0.15) is 13.2 Å². The number of benzene rings is 3. The molecule has 0 aliphatic carbocycles. The number of rotatable bonds is 10. The number of anilines is 1. The van der Waals surface area contributed by atoms with Gasteiger partial charge in [-0.25, -0.2) is 4.39 Å². The molecule has 0 radical (unpaired) electrons. The number of imide groups is 1. The van der Waals surface area contributed by atoms with Crippen LogP contribution < -0.4 is 19.5 Å². The second-order valence-electron chi connectivity index (χ2n) is 8.79. The van der Waals surface area contributed by atoms with Crippen LogP contribution in [0.2, 0.25) is 0 Å². The van der Waals surface area contributed by atoms with Crippen molar-refractivity contribution in [1.29, 1.82) is 0 Å². The predicted molar refractivity (Wildman–Crippen MR) is 148 cm³/mol. The second kappa shape index (κ2) is 13.0. The lowest BCUT2D eigenvalue weighted by molar-refractivity contribution is -0.137. The third-order valence-electron chi connectivity index (χ3n) is 5.82. The quantitative estimate of drug-likeness (QED) is 0.208. The Labute approximate surface area is 242 Å². The third-order valence-corrected chi connectivity index (χ3v) is 6.73. The normalized spacial score (nSPS) is 14.3. The molecule has 1 aliphatic heterocycles. The van der Waals surface area contributed by atoms with E-state index in [0.717, 1.165) is 12.1 Å². The highest BCUT2D eigenvalue weighted by molar-refractivity contribution is 8.18. The van der Waals surface area contributed by atoms with Crippen LogP contribution in [0.4, 0.5) is 28.0 Å². The Morgan fingerprint density at radius 3 is 2.45 bits per heavy atom. The van der Waals surface area contributed by atoms with Crippen molar-refractivity contribution in [1.82, 2.24) is 4.90 Å². The first kappa shape index (κ1) is 30.4. The summed E-state index contributed by atoms with van der Waals surface area (Å²) in [4.78, 5) is 38.8. The molecular weight excluding hydrogens is 580 g/mol. The first-order valence-corrected chi connectivity index (χ1v) is 13.2. The summed E-state index contributed by atoms with van der Waals surface area (Å²) < 4.78 is 69.3. The van der Waals surface area contributed by atoms with Gasteiger partial charge in [0.1, 0.15) is 24.7 Å². The van der Waals surface area contributed by atoms with Gasteiger partial charge in [-0.05, 0) is 78.4 Å². The Kier molecular flexibility index (Phi) is 9.41. The molecule has 220 valence electrons. The Bertz CT molecular complexity index is 1540. The number of amides is 3. The fourth-order valence-electron chi connectivity index (χ4n) is 3.89. The molecule has 4 rings (SSSR count). The van der Waals surface area contributed by atoms with Crippen LogP contribution in [-0.2, 0) is 22.4 Å². The lowest BCUT2D eigenvalue weighted by Crippen LogP contribution is -2.36. The van der Waals surface area contributed by atoms with Crippen molar-refractivity contribution in [3.8, 4) is 17.2 Å². The van der Waals surface area contributed by atoms with Gasteiger partial charge in [-0.1, -0.05) is 18.2 Å². The van der Waals surface area contributed by atoms with Gasteiger partial charge in [-0.15, -0.1) is 0 Å². The largest absolute Gasteiger partial charge is 0.495 e. The van der Waals surface area contributed by atoms with Crippen molar-refractivity contribution in [3.05, 3.63) is 88.1 Å². The lowest BCUT2D eigenvalue weighted by Gasteiger charge is -2.16. The van der Waals surface area contributed by atoms with Gasteiger partial charge in [0.15, 0.2) is 11.5 Å². The van der Waals surface area contributed by atoms with Crippen LogP contribution in [0.25, 0.3) is 6.08 Å². The number of nitrogens with one attached hydrogen (secondary N) is 1. The number of hydrogen-bond donors (Lipinski definition) is 1. The standard InChI is InChI=1S/C29H24F4N2O6S/c1-3-40-24-12-17(7-9-23(24)41-16-18-5-4-6-20(30)11-18)13-25-27(37)35(28(38)42-25)15-26(36)34-21-14-19(29(31,32)33)8-10-22(21)39-2/h4-14H,3,15-16H2,1-2H3,(H,34,36)/b25-13-. The van der Waals surface area contributed by atoms with Gasteiger partial charge < -0.3 is 19.5 Å². The number of carbonyl (C=O) groups is 3. The molecule has 1 saturated heterocycles. The van der Waals surface area contributed by atoms with Gasteiger partial charge in [-0.3, -0.25) is 19.3 Å². The summed E-state index contributed by atoms with van der Waals surface area (Å²) in [6, 6.07) is 13.3. The van der Waals surface area contributed by atoms with Crippen LogP contribution in [0, 0.1) is 5.82 Å². The SMILES string of the molecule is CCOc1cc(/C=C2\SC(=O)N(CC(=O)Nc3cc(C(F)(F)F)ccc3OC)C2=O)ccc1OCc1cccc(F)c1. The summed E-state index contributed by atoms with van der Waals surface area (Å²) in [5.41, 5.74) is -0.154. The van der Waals surface area contributed by atoms with E-state index in [1.807, 2.05) is 0 Å². The van der Waals surface area contributed by atoms with Gasteiger partial charge in [0.05, 0.1) is 29.9 Å². The van der Waals surface area contributed by atoms with E-state index in [-0.39, 0.29) is 22.9 Å². The summed E-state index contributed by atoms with van der Waals surface area (Å²) in [6.45, 7) is 1.44. The minimum absolute atomic E-state index is 0.0281. The monoisotopic (exact) mass is 604 g/mol. The zero-order valence-electron chi connectivity index (χ0n) is 22.3. The number of methoxy groups -OCH3 is 1. The molecule has 0 bridgehead atoms. The van der Waals surface area contributed by atoms with Crippen molar-refractivity contribution in [2.45, 2.75) is 19.7 Å². The van der Waals surface area contributed by atoms with E-state index in [1.165, 1.54) is 25.3 Å². The molecule has 0 aromatic heterocycles. The average molecular weight is 605 g/mol. The van der Waals surface area contributed by atoms with E-state index in [9.17, 15) is 31.9 Å². The van der Waals surface area contributed by atoms with Crippen LogP contribution in [0.15, 0.2) is 65.6 Å². The zero-order valence-corrected chi connectivity index (χ0v) is 23.1. The smallest absolute Gasteiger partial charge is 0.416 e. The van der Waals surface area contributed by atoms with E-state index >= 15 is 0 Å². The Balaban J connectivity index is 1.46. The van der Waals surface area contributed by atoms with Gasteiger partial charge in [0.2, 0.25) is 5.91 Å². The maximum absolute atomic E-state index is 13.5. The molecule has 1 heterocycles. The molecule has 0 atom stereocenters. The molecule has 1 N–H and O–H groups in total. The highest BCUT2D eigenvalue weighted by atomic mass is 32.2. The topological polar surface area (TPSA) is 94.2 Å². The van der Waals surface area contributed by atoms with Crippen molar-refractivity contribution in [2.75, 3.05) is 25.6 Å². The van der Waals surface area contributed by atoms with Crippen molar-refractivity contribution in [3.63, 3.8) is 0 Å². The van der Waals surface area contributed by atoms with Gasteiger partial charge >= 0.3 is 6.18 Å². The number of ether oxygens (including phenoxy) is 3. The lowest BCUT2D eigenvalue weighted by atomic mass is 10.1. The van der Waals surface area contributed by atoms with Crippen LogP contribution in [-0.4, -0.2) is 42.2 Å². The Morgan fingerprint density at radius 1 is 1.00 bits per heavy atom. The number of halogens is 4. The summed E-state index contributed by atoms with van der Waals surface area (Å²) >= 11 is 0.608. The Hall–Kier alpha value is -4.52. The molecule has 8 nitrogen and oxygen atoms in total. The molecule has 0 saturated carbocycles. The predicted octanol–water partition coefficient (Wildman–Crippen LogP) is 6.51. The van der Waals surface area contributed by atoms with E-state index in [0.29, 0.717) is 52.0 Å². The van der Waals surface area contributed by atoms with E-state index < -0.39 is 41.2 Å². The fourth-order valence-corrected chi connectivity index (χ4v) is 4.73. The van der Waals surface area contributed by atoms with Crippen molar-refractivity contribution in [2.24, 2.45) is 0 Å². The summed E-state index contributed by atoms with van der Waals surface area (Å²) in [7, 11) is 1.22. The summed E-state index contributed by atoms with van der Waals surface area (Å²) in [6.07, 6.45) is -3.21. The van der Waals surface area contributed by atoms with Crippen LogP contribution in [0.5, 0.6) is 17.2 Å². The molecular formula is C29H24F4N2O6S. The van der Waals surface area contributed by atoms with Crippen molar-refractivity contribution >= 4 is 40.6 Å². The average Bonchev–Trinajstić information content (AvgIpc) is 3.19. The maximum Gasteiger partial charge on any atom is 0.416 e. The zero-order chi connectivity index (χ0) is 30.4. The van der Waals surface area contributed by atoms with E-state index in [2.05, 4.69) is 5.32 Å². The molecule has 0 spiro atoms. The van der Waals surface area contributed by atoms with Crippen molar-refractivity contribution < 1.29 is 46.2 Å². The third kappa shape index (κ3) is 7.40. The summed E-state index contributed by atoms with van der Waals surface area (Å²) in [5.74, 6) is -1.32. The molecule has 1 aliphatic rings. The fraction of sp³-hybridized carbons (Fsp3) is 0.207. The molecule has 1 fully saturated rings. The van der Waals surface area contributed by atoms with E-state index in [4.69, 9.17) is 14.2 Å². The molecule has 13 heteroatoms. The van der Waals surface area contributed by atoms with E-state index in [1.54, 1.807) is 37.3 Å². The molecule has 3 aromatic rings. The number of nitrogens with zero attached hydrogens (tertiary/aromatic N) is 1. The molecule has 3 aromatic carbocycles. The summed E-state index contributed by atoms with van der Waals surface area (Å²) in [5, 5.41) is 1.55. The number of thioether (sulfide) groups is 1. The van der Waals surface area contributed by atoms with Crippen LogP contribution in [0.3, 0.4) is 0 Å². The first-order chi connectivity index (χ1) is 20.0. The van der Waals surface area contributed by atoms with Crippen LogP contribution in [0.1, 0.15) is 23.6 Å². The highest BCUT2D eigenvalue weighted by Crippen LogP contribution is 2.37. The van der Waals surface area contributed by atoms with Crippen LogP contribution >= 0.6 is 11.8 Å². The Morgan fingerprint density at radius 2 is 1.76 bits per heavy atom.